The van der Waals surface area contributed by atoms with E-state index in [1.54, 1.807) is 0 Å². The molecule has 0 unspecified atom stereocenters. The van der Waals surface area contributed by atoms with Crippen molar-refractivity contribution in [1.29, 1.82) is 0 Å². The monoisotopic (exact) mass is 328 g/mol. The third kappa shape index (κ3) is 2.68. The van der Waals surface area contributed by atoms with Crippen LogP contribution in [0.3, 0.4) is 0 Å². The molecule has 1 nitrogen and oxygen atoms in total. The molecule has 2 aromatic carbocycles. The van der Waals surface area contributed by atoms with Crippen LogP contribution in [-0.4, -0.2) is 5.78 Å². The lowest BCUT2D eigenvalue weighted by Crippen LogP contribution is -2.39. The molecule has 2 bridgehead atoms. The topological polar surface area (TPSA) is 17.1 Å². The standard InChI is InChI=1S/C24H24O/c1-23-16-20(14-13-18-9-5-3-6-10-18)24(2,17-23)21(15-22(23)25)19-11-7-4-8-12-19/h3-14,16,21H,15,17H2,1-2H3/b14-13+/t21-,23+,24+/m0/s1. The van der Waals surface area contributed by atoms with Gasteiger partial charge in [0.25, 0.3) is 0 Å². The molecule has 25 heavy (non-hydrogen) atoms. The third-order valence-electron chi connectivity index (χ3n) is 6.12. The van der Waals surface area contributed by atoms with Gasteiger partial charge in [0.1, 0.15) is 5.78 Å². The molecule has 1 saturated carbocycles. The highest BCUT2D eigenvalue weighted by molar-refractivity contribution is 5.90. The lowest BCUT2D eigenvalue weighted by Gasteiger charge is -2.43. The van der Waals surface area contributed by atoms with Crippen LogP contribution in [0.5, 0.6) is 0 Å². The Bertz CT molecular complexity index is 846. The Morgan fingerprint density at radius 1 is 0.920 bits per heavy atom. The van der Waals surface area contributed by atoms with Crippen LogP contribution in [0.15, 0.2) is 78.4 Å². The number of carbonyl (C=O) groups is 1. The van der Waals surface area contributed by atoms with E-state index < -0.39 is 0 Å². The van der Waals surface area contributed by atoms with Crippen LogP contribution < -0.4 is 0 Å². The third-order valence-corrected chi connectivity index (χ3v) is 6.12. The summed E-state index contributed by atoms with van der Waals surface area (Å²) in [6.07, 6.45) is 8.18. The maximum atomic E-state index is 12.9. The zero-order valence-electron chi connectivity index (χ0n) is 14.9. The largest absolute Gasteiger partial charge is 0.299 e. The van der Waals surface area contributed by atoms with Crippen molar-refractivity contribution in [3.8, 4) is 0 Å². The number of Topliss-reactive ketones (excluding diaryl/α,β-unsaturated/α-hetero) is 1. The first kappa shape index (κ1) is 16.1. The first-order valence-electron chi connectivity index (χ1n) is 9.06. The number of ketones is 1. The fraction of sp³-hybridized carbons (Fsp3) is 0.292. The van der Waals surface area contributed by atoms with E-state index in [1.165, 1.54) is 16.7 Å². The normalized spacial score (nSPS) is 31.4. The molecule has 0 saturated heterocycles. The number of hydrogen-bond donors (Lipinski definition) is 0. The molecular weight excluding hydrogens is 304 g/mol. The first-order chi connectivity index (χ1) is 12.0. The van der Waals surface area contributed by atoms with Crippen molar-refractivity contribution in [2.75, 3.05) is 0 Å². The molecule has 0 aliphatic heterocycles. The van der Waals surface area contributed by atoms with Gasteiger partial charge in [-0.05, 0) is 30.0 Å². The number of rotatable bonds is 3. The summed E-state index contributed by atoms with van der Waals surface area (Å²) in [4.78, 5) is 12.9. The zero-order chi connectivity index (χ0) is 17.5. The van der Waals surface area contributed by atoms with Gasteiger partial charge < -0.3 is 0 Å². The number of hydrogen-bond acceptors (Lipinski definition) is 1. The van der Waals surface area contributed by atoms with Crippen molar-refractivity contribution < 1.29 is 4.79 Å². The highest BCUT2D eigenvalue weighted by Crippen LogP contribution is 2.61. The molecule has 4 rings (SSSR count). The molecule has 2 aromatic rings. The molecule has 0 amide bonds. The minimum Gasteiger partial charge on any atom is -0.299 e. The molecular formula is C24H24O. The predicted octanol–water partition coefficient (Wildman–Crippen LogP) is 5.80. The van der Waals surface area contributed by atoms with E-state index >= 15 is 0 Å². The van der Waals surface area contributed by atoms with E-state index in [-0.39, 0.29) is 16.7 Å². The molecule has 0 radical (unpaired) electrons. The fourth-order valence-corrected chi connectivity index (χ4v) is 4.73. The molecule has 1 heteroatoms. The van der Waals surface area contributed by atoms with Crippen molar-refractivity contribution in [2.24, 2.45) is 10.8 Å². The zero-order valence-corrected chi connectivity index (χ0v) is 14.9. The Morgan fingerprint density at radius 2 is 1.56 bits per heavy atom. The lowest BCUT2D eigenvalue weighted by molar-refractivity contribution is -0.130. The SMILES string of the molecule is C[C@@]12C=C(/C=C/c3ccccc3)[C@@](C)(C1)[C@H](c1ccccc1)CC2=O. The highest BCUT2D eigenvalue weighted by atomic mass is 16.1. The fourth-order valence-electron chi connectivity index (χ4n) is 4.73. The Labute approximate surface area is 150 Å². The van der Waals surface area contributed by atoms with Gasteiger partial charge in [-0.25, -0.2) is 0 Å². The van der Waals surface area contributed by atoms with Crippen molar-refractivity contribution in [3.63, 3.8) is 0 Å². The summed E-state index contributed by atoms with van der Waals surface area (Å²) in [6.45, 7) is 4.45. The number of carbonyl (C=O) groups excluding carboxylic acids is 1. The van der Waals surface area contributed by atoms with Crippen LogP contribution >= 0.6 is 0 Å². The summed E-state index contributed by atoms with van der Waals surface area (Å²) < 4.78 is 0. The summed E-state index contributed by atoms with van der Waals surface area (Å²) in [5, 5.41) is 0. The predicted molar refractivity (Wildman–Crippen MR) is 103 cm³/mol. The molecule has 126 valence electrons. The highest BCUT2D eigenvalue weighted by Gasteiger charge is 2.55. The summed E-state index contributed by atoms with van der Waals surface area (Å²) >= 11 is 0. The second-order valence-electron chi connectivity index (χ2n) is 7.95. The summed E-state index contributed by atoms with van der Waals surface area (Å²) in [5.41, 5.74) is 3.48. The van der Waals surface area contributed by atoms with Gasteiger partial charge in [0, 0.05) is 23.2 Å². The summed E-state index contributed by atoms with van der Waals surface area (Å²) in [5.74, 6) is 0.630. The Balaban J connectivity index is 1.75. The smallest absolute Gasteiger partial charge is 0.143 e. The maximum absolute atomic E-state index is 12.9. The van der Waals surface area contributed by atoms with Crippen molar-refractivity contribution in [2.45, 2.75) is 32.6 Å². The van der Waals surface area contributed by atoms with Crippen molar-refractivity contribution >= 4 is 11.9 Å². The Hall–Kier alpha value is -2.41. The Morgan fingerprint density at radius 3 is 2.24 bits per heavy atom. The van der Waals surface area contributed by atoms with Gasteiger partial charge in [-0.2, -0.15) is 0 Å². The van der Waals surface area contributed by atoms with E-state index in [1.807, 2.05) is 12.1 Å². The van der Waals surface area contributed by atoms with E-state index in [2.05, 4.69) is 80.6 Å². The average Bonchev–Trinajstić information content (AvgIpc) is 2.87. The van der Waals surface area contributed by atoms with Crippen LogP contribution in [0.4, 0.5) is 0 Å². The lowest BCUT2D eigenvalue weighted by atomic mass is 9.59. The molecule has 0 spiro atoms. The van der Waals surface area contributed by atoms with E-state index in [0.717, 1.165) is 6.42 Å². The second kappa shape index (κ2) is 5.84. The van der Waals surface area contributed by atoms with Crippen LogP contribution in [0.2, 0.25) is 0 Å². The van der Waals surface area contributed by atoms with Gasteiger partial charge in [0.2, 0.25) is 0 Å². The molecule has 2 aliphatic rings. The van der Waals surface area contributed by atoms with Crippen LogP contribution in [-0.2, 0) is 4.79 Å². The van der Waals surface area contributed by atoms with E-state index in [0.29, 0.717) is 12.2 Å². The minimum absolute atomic E-state index is 0.00922. The van der Waals surface area contributed by atoms with Gasteiger partial charge in [0.05, 0.1) is 0 Å². The van der Waals surface area contributed by atoms with Crippen molar-refractivity contribution in [1.82, 2.24) is 0 Å². The first-order valence-corrected chi connectivity index (χ1v) is 9.06. The molecule has 2 aliphatic carbocycles. The van der Waals surface area contributed by atoms with Crippen LogP contribution in [0.1, 0.15) is 43.7 Å². The minimum atomic E-state index is -0.309. The number of benzene rings is 2. The van der Waals surface area contributed by atoms with Crippen molar-refractivity contribution in [3.05, 3.63) is 89.5 Å². The van der Waals surface area contributed by atoms with Gasteiger partial charge in [0.15, 0.2) is 0 Å². The van der Waals surface area contributed by atoms with Gasteiger partial charge in [-0.3, -0.25) is 4.79 Å². The van der Waals surface area contributed by atoms with Gasteiger partial charge >= 0.3 is 0 Å². The molecule has 0 N–H and O–H groups in total. The molecule has 0 aromatic heterocycles. The number of fused-ring (bicyclic) bond motifs is 2. The van der Waals surface area contributed by atoms with Crippen LogP contribution in [0, 0.1) is 10.8 Å². The summed E-state index contributed by atoms with van der Waals surface area (Å²) in [7, 11) is 0. The average molecular weight is 328 g/mol. The van der Waals surface area contributed by atoms with Gasteiger partial charge in [-0.15, -0.1) is 0 Å². The summed E-state index contributed by atoms with van der Waals surface area (Å²) in [6, 6.07) is 20.9. The quantitative estimate of drug-likeness (QED) is 0.696. The van der Waals surface area contributed by atoms with E-state index in [4.69, 9.17) is 0 Å². The van der Waals surface area contributed by atoms with E-state index in [9.17, 15) is 4.79 Å². The molecule has 0 heterocycles. The number of allylic oxidation sites excluding steroid dienone is 3. The maximum Gasteiger partial charge on any atom is 0.143 e. The second-order valence-corrected chi connectivity index (χ2v) is 7.95. The van der Waals surface area contributed by atoms with Crippen LogP contribution in [0.25, 0.3) is 6.08 Å². The molecule has 1 fully saturated rings. The Kier molecular flexibility index (Phi) is 3.76. The molecule has 3 atom stereocenters. The van der Waals surface area contributed by atoms with Gasteiger partial charge in [-0.1, -0.05) is 85.8 Å².